The topological polar surface area (TPSA) is 70.4 Å². The van der Waals surface area contributed by atoms with Crippen molar-refractivity contribution in [1.29, 1.82) is 5.41 Å². The van der Waals surface area contributed by atoms with Gasteiger partial charge >= 0.3 is 5.97 Å². The Morgan fingerprint density at radius 2 is 2.00 bits per heavy atom. The third-order valence-electron chi connectivity index (χ3n) is 1.80. The van der Waals surface area contributed by atoms with Crippen molar-refractivity contribution >= 4 is 11.9 Å². The molecule has 2 N–H and O–H groups in total. The van der Waals surface area contributed by atoms with E-state index < -0.39 is 5.97 Å². The molecule has 1 aromatic carbocycles. The fraction of sp³-hybridized carbons (Fsp3) is 0.273. The second-order valence-electron chi connectivity index (χ2n) is 3.11. The molecule has 0 atom stereocenters. The minimum absolute atomic E-state index is 0.0319. The second-order valence-corrected chi connectivity index (χ2v) is 3.11. The van der Waals surface area contributed by atoms with Gasteiger partial charge in [-0.25, -0.2) is 4.79 Å². The fourth-order valence-corrected chi connectivity index (χ4v) is 1.05. The minimum Gasteiger partial charge on any atom is -0.508 e. The third-order valence-corrected chi connectivity index (χ3v) is 1.80. The molecular weight excluding hydrogens is 194 g/mol. The number of hydrogen-bond donors (Lipinski definition) is 2. The van der Waals surface area contributed by atoms with Crippen LogP contribution in [0.2, 0.25) is 0 Å². The summed E-state index contributed by atoms with van der Waals surface area (Å²) in [7, 11) is 0. The number of carbonyl (C=O) groups excluding carboxylic acids is 1. The lowest BCUT2D eigenvalue weighted by Gasteiger charge is -2.04. The molecule has 1 aromatic rings. The molecule has 0 amide bonds. The van der Waals surface area contributed by atoms with Crippen molar-refractivity contribution in [1.82, 2.24) is 0 Å². The number of carbonyl (C=O) groups is 1. The van der Waals surface area contributed by atoms with Gasteiger partial charge in [0.05, 0.1) is 5.56 Å². The largest absolute Gasteiger partial charge is 0.508 e. The van der Waals surface area contributed by atoms with Crippen LogP contribution in [-0.2, 0) is 4.74 Å². The molecule has 0 unspecified atom stereocenters. The Morgan fingerprint density at radius 1 is 1.40 bits per heavy atom. The summed E-state index contributed by atoms with van der Waals surface area (Å²) in [4.78, 5) is 11.4. The molecule has 15 heavy (non-hydrogen) atoms. The number of benzene rings is 1. The van der Waals surface area contributed by atoms with Gasteiger partial charge in [-0.3, -0.25) is 5.41 Å². The maximum Gasteiger partial charge on any atom is 0.344 e. The lowest BCUT2D eigenvalue weighted by Crippen LogP contribution is -2.11. The second kappa shape index (κ2) is 5.14. The number of esters is 1. The maximum atomic E-state index is 11.4. The van der Waals surface area contributed by atoms with Crippen LogP contribution in [0.4, 0.5) is 0 Å². The number of nitrogens with one attached hydrogen (secondary N) is 1. The van der Waals surface area contributed by atoms with Gasteiger partial charge in [-0.05, 0) is 30.7 Å². The highest BCUT2D eigenvalue weighted by Crippen LogP contribution is 2.10. The molecule has 0 radical (unpaired) electrons. The van der Waals surface area contributed by atoms with E-state index in [2.05, 4.69) is 0 Å². The van der Waals surface area contributed by atoms with Crippen molar-refractivity contribution in [2.24, 2.45) is 0 Å². The van der Waals surface area contributed by atoms with Gasteiger partial charge in [-0.15, -0.1) is 0 Å². The van der Waals surface area contributed by atoms with E-state index in [1.807, 2.05) is 6.92 Å². The van der Waals surface area contributed by atoms with Gasteiger partial charge in [-0.2, -0.15) is 0 Å². The summed E-state index contributed by atoms with van der Waals surface area (Å²) < 4.78 is 4.78. The molecule has 0 aliphatic carbocycles. The van der Waals surface area contributed by atoms with E-state index in [-0.39, 0.29) is 11.6 Å². The first kappa shape index (κ1) is 11.2. The quantitative estimate of drug-likeness (QED) is 0.454. The third kappa shape index (κ3) is 3.42. The molecule has 0 spiro atoms. The summed E-state index contributed by atoms with van der Waals surface area (Å²) in [5, 5.41) is 16.3. The molecule has 4 nitrogen and oxygen atoms in total. The Hall–Kier alpha value is -1.84. The lowest BCUT2D eigenvalue weighted by atomic mass is 10.2. The van der Waals surface area contributed by atoms with Gasteiger partial charge in [0.1, 0.15) is 5.75 Å². The molecule has 0 aliphatic rings. The van der Waals surface area contributed by atoms with E-state index in [0.29, 0.717) is 12.0 Å². The molecule has 80 valence electrons. The van der Waals surface area contributed by atoms with Gasteiger partial charge in [0.2, 0.25) is 0 Å². The lowest BCUT2D eigenvalue weighted by molar-refractivity contribution is 0.0710. The fourth-order valence-electron chi connectivity index (χ4n) is 1.05. The highest BCUT2D eigenvalue weighted by molar-refractivity contribution is 5.97. The van der Waals surface area contributed by atoms with Crippen LogP contribution in [-0.4, -0.2) is 17.0 Å². The average molecular weight is 207 g/mol. The zero-order valence-corrected chi connectivity index (χ0v) is 8.49. The Kier molecular flexibility index (Phi) is 3.85. The molecule has 0 bridgehead atoms. The van der Waals surface area contributed by atoms with E-state index >= 15 is 0 Å². The van der Waals surface area contributed by atoms with Crippen molar-refractivity contribution < 1.29 is 14.6 Å². The van der Waals surface area contributed by atoms with E-state index in [1.165, 1.54) is 24.3 Å². The number of phenols is 1. The van der Waals surface area contributed by atoms with Crippen LogP contribution in [0.25, 0.3) is 0 Å². The van der Waals surface area contributed by atoms with Gasteiger partial charge in [0, 0.05) is 6.42 Å². The smallest absolute Gasteiger partial charge is 0.344 e. The molecule has 0 saturated heterocycles. The Labute approximate surface area is 88.0 Å². The van der Waals surface area contributed by atoms with Crippen LogP contribution in [0.5, 0.6) is 5.75 Å². The zero-order chi connectivity index (χ0) is 11.3. The van der Waals surface area contributed by atoms with Crippen LogP contribution in [0.15, 0.2) is 24.3 Å². The Bertz CT molecular complexity index is 357. The normalized spacial score (nSPS) is 9.67. The molecule has 0 fully saturated rings. The van der Waals surface area contributed by atoms with Crippen LogP contribution in [0, 0.1) is 5.41 Å². The number of phenolic OH excluding ortho intramolecular Hbond substituents is 1. The predicted octanol–water partition coefficient (Wildman–Crippen LogP) is 2.33. The van der Waals surface area contributed by atoms with Gasteiger partial charge in [-0.1, -0.05) is 6.92 Å². The summed E-state index contributed by atoms with van der Waals surface area (Å²) in [5.74, 6) is -0.501. The van der Waals surface area contributed by atoms with Crippen molar-refractivity contribution in [2.45, 2.75) is 19.8 Å². The number of ether oxygens (including phenoxy) is 1. The SMILES string of the molecule is CCCC(=N)OC(=O)c1ccc(O)cc1. The predicted molar refractivity (Wildman–Crippen MR) is 56.2 cm³/mol. The number of aromatic hydroxyl groups is 1. The van der Waals surface area contributed by atoms with Crippen molar-refractivity contribution in [3.05, 3.63) is 29.8 Å². The van der Waals surface area contributed by atoms with E-state index in [4.69, 9.17) is 15.3 Å². The molecule has 4 heteroatoms. The van der Waals surface area contributed by atoms with Gasteiger partial charge in [0.15, 0.2) is 5.90 Å². The highest BCUT2D eigenvalue weighted by atomic mass is 16.5. The minimum atomic E-state index is -0.562. The monoisotopic (exact) mass is 207 g/mol. The molecule has 0 saturated carbocycles. The average Bonchev–Trinajstić information content (AvgIpc) is 2.18. The number of rotatable bonds is 3. The Balaban J connectivity index is 2.61. The number of hydrogen-bond acceptors (Lipinski definition) is 4. The van der Waals surface area contributed by atoms with Crippen LogP contribution in [0.1, 0.15) is 30.1 Å². The first-order valence-corrected chi connectivity index (χ1v) is 4.72. The molecule has 1 rings (SSSR count). The van der Waals surface area contributed by atoms with E-state index in [0.717, 1.165) is 6.42 Å². The first-order chi connectivity index (χ1) is 7.13. The molecule has 0 aromatic heterocycles. The Morgan fingerprint density at radius 3 is 2.53 bits per heavy atom. The van der Waals surface area contributed by atoms with E-state index in [1.54, 1.807) is 0 Å². The van der Waals surface area contributed by atoms with Crippen LogP contribution in [0.3, 0.4) is 0 Å². The van der Waals surface area contributed by atoms with Crippen molar-refractivity contribution in [3.63, 3.8) is 0 Å². The highest BCUT2D eigenvalue weighted by Gasteiger charge is 2.09. The summed E-state index contributed by atoms with van der Waals surface area (Å²) in [6.45, 7) is 1.91. The molecule has 0 heterocycles. The molecule has 0 aliphatic heterocycles. The molecular formula is C11H13NO3. The summed E-state index contributed by atoms with van der Waals surface area (Å²) >= 11 is 0. The van der Waals surface area contributed by atoms with Crippen LogP contribution < -0.4 is 0 Å². The van der Waals surface area contributed by atoms with Crippen molar-refractivity contribution in [3.8, 4) is 5.75 Å². The van der Waals surface area contributed by atoms with Gasteiger partial charge < -0.3 is 9.84 Å². The van der Waals surface area contributed by atoms with E-state index in [9.17, 15) is 4.79 Å². The summed E-state index contributed by atoms with van der Waals surface area (Å²) in [5.41, 5.74) is 0.327. The standard InChI is InChI=1S/C11H13NO3/c1-2-3-10(12)15-11(14)8-4-6-9(13)7-5-8/h4-7,12-13H,2-3H2,1H3. The van der Waals surface area contributed by atoms with Crippen molar-refractivity contribution in [2.75, 3.05) is 0 Å². The first-order valence-electron chi connectivity index (χ1n) is 4.72. The summed E-state index contributed by atoms with van der Waals surface area (Å²) in [6, 6.07) is 5.72. The zero-order valence-electron chi connectivity index (χ0n) is 8.49. The van der Waals surface area contributed by atoms with Gasteiger partial charge in [0.25, 0.3) is 0 Å². The summed E-state index contributed by atoms with van der Waals surface area (Å²) in [6.07, 6.45) is 1.21. The van der Waals surface area contributed by atoms with Crippen LogP contribution >= 0.6 is 0 Å². The maximum absolute atomic E-state index is 11.4.